The van der Waals surface area contributed by atoms with Crippen LogP contribution in [0.1, 0.15) is 60.1 Å². The molecule has 24 heavy (non-hydrogen) atoms. The highest BCUT2D eigenvalue weighted by molar-refractivity contribution is 5.71. The fourth-order valence-corrected chi connectivity index (χ4v) is 5.49. The molecular formula is C22H25NO. The smallest absolute Gasteiger partial charge is 0.115 e. The van der Waals surface area contributed by atoms with E-state index in [9.17, 15) is 5.11 Å². The van der Waals surface area contributed by atoms with Crippen molar-refractivity contribution in [1.82, 2.24) is 0 Å². The third-order valence-corrected chi connectivity index (χ3v) is 6.38. The van der Waals surface area contributed by atoms with Gasteiger partial charge in [0.05, 0.1) is 0 Å². The number of rotatable bonds is 0. The minimum Gasteiger partial charge on any atom is -0.508 e. The molecule has 3 aliphatic rings. The van der Waals surface area contributed by atoms with Crippen molar-refractivity contribution in [1.29, 1.82) is 0 Å². The van der Waals surface area contributed by atoms with Crippen molar-refractivity contribution in [3.63, 3.8) is 0 Å². The fourth-order valence-electron chi connectivity index (χ4n) is 5.49. The quantitative estimate of drug-likeness (QED) is 0.781. The van der Waals surface area contributed by atoms with Crippen molar-refractivity contribution in [2.75, 3.05) is 18.0 Å². The number of fused-ring (bicyclic) bond motifs is 3. The van der Waals surface area contributed by atoms with Crippen LogP contribution in [-0.4, -0.2) is 18.2 Å². The Kier molecular flexibility index (Phi) is 2.87. The molecule has 0 radical (unpaired) electrons. The lowest BCUT2D eigenvalue weighted by Crippen LogP contribution is -2.38. The van der Waals surface area contributed by atoms with Gasteiger partial charge in [-0.2, -0.15) is 0 Å². The first kappa shape index (κ1) is 14.4. The van der Waals surface area contributed by atoms with Gasteiger partial charge in [-0.05, 0) is 77.6 Å². The molecule has 0 saturated carbocycles. The molecule has 5 rings (SSSR count). The zero-order valence-corrected chi connectivity index (χ0v) is 14.7. The summed E-state index contributed by atoms with van der Waals surface area (Å²) in [6.45, 7) is 7.12. The summed E-state index contributed by atoms with van der Waals surface area (Å²) < 4.78 is 0. The Labute approximate surface area is 144 Å². The maximum Gasteiger partial charge on any atom is 0.115 e. The number of aryl methyl sites for hydroxylation is 1. The number of nitrogens with zero attached hydrogens (tertiary/aromatic N) is 1. The van der Waals surface area contributed by atoms with Crippen LogP contribution >= 0.6 is 0 Å². The summed E-state index contributed by atoms with van der Waals surface area (Å²) in [5.41, 5.74) is 10.5. The Morgan fingerprint density at radius 3 is 2.58 bits per heavy atom. The van der Waals surface area contributed by atoms with Gasteiger partial charge < -0.3 is 10.0 Å². The maximum atomic E-state index is 10.0. The van der Waals surface area contributed by atoms with E-state index in [1.807, 2.05) is 12.1 Å². The Bertz CT molecular complexity index is 848. The van der Waals surface area contributed by atoms with Crippen LogP contribution in [0.3, 0.4) is 0 Å². The minimum absolute atomic E-state index is 0.0352. The van der Waals surface area contributed by atoms with Crippen molar-refractivity contribution >= 4 is 5.69 Å². The predicted octanol–water partition coefficient (Wildman–Crippen LogP) is 4.32. The Balaban J connectivity index is 1.80. The highest BCUT2D eigenvalue weighted by Crippen LogP contribution is 2.49. The number of hydrogen-bond acceptors (Lipinski definition) is 2. The van der Waals surface area contributed by atoms with Gasteiger partial charge in [-0.15, -0.1) is 0 Å². The van der Waals surface area contributed by atoms with E-state index in [-0.39, 0.29) is 5.41 Å². The van der Waals surface area contributed by atoms with E-state index >= 15 is 0 Å². The molecule has 2 heterocycles. The normalized spacial score (nSPS) is 20.2. The molecule has 0 unspecified atom stereocenters. The summed E-state index contributed by atoms with van der Waals surface area (Å²) in [5, 5.41) is 10.0. The molecule has 2 aliphatic heterocycles. The zero-order valence-electron chi connectivity index (χ0n) is 14.7. The van der Waals surface area contributed by atoms with Crippen LogP contribution in [0.15, 0.2) is 24.3 Å². The summed E-state index contributed by atoms with van der Waals surface area (Å²) in [7, 11) is 0. The van der Waals surface area contributed by atoms with Crippen molar-refractivity contribution in [3.8, 4) is 5.75 Å². The largest absolute Gasteiger partial charge is 0.508 e. The van der Waals surface area contributed by atoms with Crippen molar-refractivity contribution in [2.24, 2.45) is 0 Å². The molecule has 0 spiro atoms. The monoisotopic (exact) mass is 319 g/mol. The van der Waals surface area contributed by atoms with Crippen LogP contribution in [0.4, 0.5) is 5.69 Å². The summed E-state index contributed by atoms with van der Waals surface area (Å²) in [4.78, 5) is 2.63. The summed E-state index contributed by atoms with van der Waals surface area (Å²) in [5.74, 6) is 0.388. The van der Waals surface area contributed by atoms with E-state index in [4.69, 9.17) is 0 Å². The van der Waals surface area contributed by atoms with E-state index in [1.165, 1.54) is 55.5 Å². The first-order valence-corrected chi connectivity index (χ1v) is 9.31. The second-order valence-corrected chi connectivity index (χ2v) is 8.23. The Morgan fingerprint density at radius 1 is 0.958 bits per heavy atom. The first-order valence-electron chi connectivity index (χ1n) is 9.31. The summed E-state index contributed by atoms with van der Waals surface area (Å²) in [6.07, 6.45) is 6.01. The molecule has 0 saturated heterocycles. The van der Waals surface area contributed by atoms with Crippen LogP contribution < -0.4 is 4.90 Å². The topological polar surface area (TPSA) is 23.5 Å². The average Bonchev–Trinajstić information content (AvgIpc) is 2.56. The fraction of sp³-hybridized carbons (Fsp3) is 0.455. The SMILES string of the molecule is CC1(C)c2cc(O)ccc2Cc2cc3c4c(c21)CCCN4CCC3. The standard InChI is InChI=1S/C22H25NO/c1-22(2)19-13-17(24)8-7-14(19)11-16-12-15-5-3-9-23-10-4-6-18(20(16)22)21(15)23/h7-8,12-13,24H,3-6,9-11H2,1-2H3. The molecular weight excluding hydrogens is 294 g/mol. The van der Waals surface area contributed by atoms with Crippen LogP contribution in [0.2, 0.25) is 0 Å². The van der Waals surface area contributed by atoms with Gasteiger partial charge in [0.2, 0.25) is 0 Å². The molecule has 1 N–H and O–H groups in total. The lowest BCUT2D eigenvalue weighted by Gasteiger charge is -2.44. The second-order valence-electron chi connectivity index (χ2n) is 8.23. The van der Waals surface area contributed by atoms with Gasteiger partial charge in [-0.1, -0.05) is 26.0 Å². The van der Waals surface area contributed by atoms with Crippen LogP contribution in [-0.2, 0) is 24.7 Å². The molecule has 2 aromatic rings. The number of benzene rings is 2. The highest BCUT2D eigenvalue weighted by Gasteiger charge is 2.38. The predicted molar refractivity (Wildman–Crippen MR) is 98.3 cm³/mol. The van der Waals surface area contributed by atoms with E-state index < -0.39 is 0 Å². The van der Waals surface area contributed by atoms with Crippen LogP contribution in [0.25, 0.3) is 0 Å². The average molecular weight is 319 g/mol. The zero-order chi connectivity index (χ0) is 16.5. The maximum absolute atomic E-state index is 10.0. The minimum atomic E-state index is -0.0352. The highest BCUT2D eigenvalue weighted by atomic mass is 16.3. The van der Waals surface area contributed by atoms with Gasteiger partial charge in [-0.3, -0.25) is 0 Å². The number of anilines is 1. The van der Waals surface area contributed by atoms with Crippen molar-refractivity contribution in [3.05, 3.63) is 57.6 Å². The van der Waals surface area contributed by atoms with Gasteiger partial charge in [-0.25, -0.2) is 0 Å². The van der Waals surface area contributed by atoms with Crippen molar-refractivity contribution < 1.29 is 5.11 Å². The van der Waals surface area contributed by atoms with Gasteiger partial charge in [0.15, 0.2) is 0 Å². The van der Waals surface area contributed by atoms with E-state index in [1.54, 1.807) is 22.4 Å². The van der Waals surface area contributed by atoms with Gasteiger partial charge in [0.25, 0.3) is 0 Å². The molecule has 2 aromatic carbocycles. The lowest BCUT2D eigenvalue weighted by atomic mass is 9.65. The first-order chi connectivity index (χ1) is 11.6. The molecule has 1 aliphatic carbocycles. The Hall–Kier alpha value is -1.96. The van der Waals surface area contributed by atoms with Crippen LogP contribution in [0.5, 0.6) is 5.75 Å². The van der Waals surface area contributed by atoms with E-state index in [0.717, 1.165) is 6.42 Å². The molecule has 2 heteroatoms. The molecule has 124 valence electrons. The van der Waals surface area contributed by atoms with Gasteiger partial charge in [0, 0.05) is 24.2 Å². The third-order valence-electron chi connectivity index (χ3n) is 6.38. The molecule has 0 atom stereocenters. The van der Waals surface area contributed by atoms with E-state index in [2.05, 4.69) is 30.9 Å². The molecule has 0 fully saturated rings. The number of aromatic hydroxyl groups is 1. The second kappa shape index (κ2) is 4.78. The number of phenolic OH excluding ortho intramolecular Hbond substituents is 1. The molecule has 0 aromatic heterocycles. The number of hydrogen-bond donors (Lipinski definition) is 1. The molecule has 0 amide bonds. The van der Waals surface area contributed by atoms with Gasteiger partial charge in [0.1, 0.15) is 5.75 Å². The van der Waals surface area contributed by atoms with Crippen LogP contribution in [0, 0.1) is 0 Å². The lowest BCUT2D eigenvalue weighted by molar-refractivity contribution is 0.470. The van der Waals surface area contributed by atoms with E-state index in [0.29, 0.717) is 5.75 Å². The molecule has 2 nitrogen and oxygen atoms in total. The van der Waals surface area contributed by atoms with Gasteiger partial charge >= 0.3 is 0 Å². The third kappa shape index (κ3) is 1.83. The Morgan fingerprint density at radius 2 is 1.75 bits per heavy atom. The summed E-state index contributed by atoms with van der Waals surface area (Å²) >= 11 is 0. The molecule has 0 bridgehead atoms. The summed E-state index contributed by atoms with van der Waals surface area (Å²) in [6, 6.07) is 8.45. The number of phenols is 1. The van der Waals surface area contributed by atoms with Crippen molar-refractivity contribution in [2.45, 2.75) is 51.4 Å².